The number of nitrogens with zero attached hydrogens (tertiary/aromatic N) is 1. The molecule has 0 aromatic heterocycles. The maximum atomic E-state index is 4.26. The molecule has 0 aliphatic heterocycles. The molecule has 0 unspecified atom stereocenters. The minimum Gasteiger partial charge on any atom is -0.262 e. The summed E-state index contributed by atoms with van der Waals surface area (Å²) in [6.45, 7) is 8.56. The first-order chi connectivity index (χ1) is 6.04. The van der Waals surface area contributed by atoms with Gasteiger partial charge in [0.05, 0.1) is 5.69 Å². The van der Waals surface area contributed by atoms with Crippen molar-refractivity contribution < 1.29 is 0 Å². The van der Waals surface area contributed by atoms with Crippen LogP contribution >= 0.6 is 0 Å². The summed E-state index contributed by atoms with van der Waals surface area (Å²) in [4.78, 5) is 4.26. The highest BCUT2D eigenvalue weighted by molar-refractivity contribution is 5.60. The molecule has 0 aliphatic carbocycles. The zero-order valence-electron chi connectivity index (χ0n) is 8.83. The molecule has 0 radical (unpaired) electrons. The van der Waals surface area contributed by atoms with Crippen LogP contribution in [0.15, 0.2) is 29.3 Å². The van der Waals surface area contributed by atoms with Crippen molar-refractivity contribution in [2.75, 3.05) is 0 Å². The number of hydrogen-bond donors (Lipinski definition) is 0. The molecule has 0 bridgehead atoms. The van der Waals surface area contributed by atoms with Crippen LogP contribution in [0.1, 0.15) is 33.3 Å². The highest BCUT2D eigenvalue weighted by Gasteiger charge is 2.12. The van der Waals surface area contributed by atoms with Gasteiger partial charge in [-0.25, -0.2) is 0 Å². The number of aliphatic imine (C=N–C) groups is 1. The minimum absolute atomic E-state index is 0.208. The van der Waals surface area contributed by atoms with Gasteiger partial charge in [-0.2, -0.15) is 0 Å². The molecular weight excluding hydrogens is 158 g/mol. The fraction of sp³-hybridized carbons (Fsp3) is 0.417. The predicted octanol–water partition coefficient (Wildman–Crippen LogP) is 3.71. The van der Waals surface area contributed by atoms with Gasteiger partial charge in [-0.05, 0) is 30.0 Å². The summed E-state index contributed by atoms with van der Waals surface area (Å²) in [5.74, 6) is 0. The van der Waals surface area contributed by atoms with E-state index in [1.165, 1.54) is 5.56 Å². The van der Waals surface area contributed by atoms with E-state index in [9.17, 15) is 0 Å². The smallest absolute Gasteiger partial charge is 0.0628 e. The van der Waals surface area contributed by atoms with Crippen molar-refractivity contribution in [3.8, 4) is 0 Å². The summed E-state index contributed by atoms with van der Waals surface area (Å²) in [6, 6.07) is 8.37. The van der Waals surface area contributed by atoms with E-state index in [4.69, 9.17) is 0 Å². The molecule has 0 N–H and O–H groups in total. The zero-order chi connectivity index (χ0) is 9.90. The molecule has 0 atom stereocenters. The van der Waals surface area contributed by atoms with Crippen LogP contribution in [0.5, 0.6) is 0 Å². The van der Waals surface area contributed by atoms with Gasteiger partial charge in [0.1, 0.15) is 0 Å². The topological polar surface area (TPSA) is 12.4 Å². The molecule has 0 fully saturated rings. The molecule has 0 spiro atoms. The van der Waals surface area contributed by atoms with E-state index < -0.39 is 0 Å². The van der Waals surface area contributed by atoms with Gasteiger partial charge in [-0.3, -0.25) is 4.99 Å². The lowest BCUT2D eigenvalue weighted by Crippen LogP contribution is -2.10. The van der Waals surface area contributed by atoms with E-state index >= 15 is 0 Å². The summed E-state index contributed by atoms with van der Waals surface area (Å²) in [5, 5.41) is 0. The van der Waals surface area contributed by atoms with Crippen molar-refractivity contribution in [3.05, 3.63) is 29.8 Å². The lowest BCUT2D eigenvalue weighted by molar-refractivity contribution is 0.590. The molecular formula is C12H17N. The number of hydrogen-bond acceptors (Lipinski definition) is 1. The standard InChI is InChI=1S/C12H17N/c1-5-13-11-8-6-7-10(9-11)12(2,3)4/h5-9H,1-4H3. The summed E-state index contributed by atoms with van der Waals surface area (Å²) in [5.41, 5.74) is 2.57. The fourth-order valence-corrected chi connectivity index (χ4v) is 1.20. The molecule has 70 valence electrons. The van der Waals surface area contributed by atoms with Gasteiger partial charge in [0.2, 0.25) is 0 Å². The normalized spacial score (nSPS) is 12.3. The molecule has 0 heterocycles. The largest absolute Gasteiger partial charge is 0.262 e. The Balaban J connectivity index is 3.05. The Kier molecular flexibility index (Phi) is 2.86. The molecule has 1 heteroatoms. The van der Waals surface area contributed by atoms with Gasteiger partial charge in [0.25, 0.3) is 0 Å². The summed E-state index contributed by atoms with van der Waals surface area (Å²) >= 11 is 0. The third-order valence-corrected chi connectivity index (χ3v) is 1.99. The second kappa shape index (κ2) is 3.73. The Bertz CT molecular complexity index is 305. The average Bonchev–Trinajstić information content (AvgIpc) is 2.04. The third kappa shape index (κ3) is 2.69. The number of benzene rings is 1. The van der Waals surface area contributed by atoms with Gasteiger partial charge < -0.3 is 0 Å². The first-order valence-electron chi connectivity index (χ1n) is 4.63. The first kappa shape index (κ1) is 9.97. The predicted molar refractivity (Wildman–Crippen MR) is 59.0 cm³/mol. The van der Waals surface area contributed by atoms with Crippen molar-refractivity contribution in [1.29, 1.82) is 0 Å². The molecule has 1 nitrogen and oxygen atoms in total. The van der Waals surface area contributed by atoms with Crippen LogP contribution in [0.3, 0.4) is 0 Å². The van der Waals surface area contributed by atoms with Gasteiger partial charge in [-0.1, -0.05) is 32.9 Å². The lowest BCUT2D eigenvalue weighted by Gasteiger charge is -2.18. The SMILES string of the molecule is CC=Nc1cccc(C(C)(C)C)c1. The molecule has 0 aliphatic rings. The first-order valence-corrected chi connectivity index (χ1v) is 4.63. The van der Waals surface area contributed by atoms with Gasteiger partial charge in [-0.15, -0.1) is 0 Å². The fourth-order valence-electron chi connectivity index (χ4n) is 1.20. The summed E-state index contributed by atoms with van der Waals surface area (Å²) < 4.78 is 0. The van der Waals surface area contributed by atoms with Crippen LogP contribution in [0, 0.1) is 0 Å². The molecule has 0 saturated carbocycles. The Labute approximate surface area is 80.5 Å². The number of rotatable bonds is 1. The molecule has 1 rings (SSSR count). The Morgan fingerprint density at radius 2 is 1.92 bits per heavy atom. The van der Waals surface area contributed by atoms with Crippen LogP contribution < -0.4 is 0 Å². The van der Waals surface area contributed by atoms with E-state index in [0.29, 0.717) is 0 Å². The second-order valence-electron chi connectivity index (χ2n) is 4.19. The van der Waals surface area contributed by atoms with Gasteiger partial charge in [0, 0.05) is 6.21 Å². The Morgan fingerprint density at radius 1 is 1.23 bits per heavy atom. The monoisotopic (exact) mass is 175 g/mol. The van der Waals surface area contributed by atoms with Crippen LogP contribution in [0.4, 0.5) is 5.69 Å². The molecule has 1 aromatic carbocycles. The Morgan fingerprint density at radius 3 is 2.46 bits per heavy atom. The van der Waals surface area contributed by atoms with E-state index in [1.807, 2.05) is 19.2 Å². The average molecular weight is 175 g/mol. The van der Waals surface area contributed by atoms with Crippen LogP contribution in [-0.4, -0.2) is 6.21 Å². The highest BCUT2D eigenvalue weighted by atomic mass is 14.7. The molecule has 1 aromatic rings. The van der Waals surface area contributed by atoms with Crippen LogP contribution in [-0.2, 0) is 5.41 Å². The van der Waals surface area contributed by atoms with Crippen molar-refractivity contribution in [2.24, 2.45) is 4.99 Å². The molecule has 13 heavy (non-hydrogen) atoms. The van der Waals surface area contributed by atoms with E-state index in [2.05, 4.69) is 44.0 Å². The molecule has 0 saturated heterocycles. The van der Waals surface area contributed by atoms with Gasteiger partial charge in [0.15, 0.2) is 0 Å². The van der Waals surface area contributed by atoms with Crippen molar-refractivity contribution >= 4 is 11.9 Å². The third-order valence-electron chi connectivity index (χ3n) is 1.99. The lowest BCUT2D eigenvalue weighted by atomic mass is 9.87. The van der Waals surface area contributed by atoms with E-state index in [-0.39, 0.29) is 5.41 Å². The quantitative estimate of drug-likeness (QED) is 0.577. The van der Waals surface area contributed by atoms with E-state index in [1.54, 1.807) is 0 Å². The Hall–Kier alpha value is -1.11. The van der Waals surface area contributed by atoms with Crippen molar-refractivity contribution in [3.63, 3.8) is 0 Å². The maximum Gasteiger partial charge on any atom is 0.0628 e. The van der Waals surface area contributed by atoms with Crippen molar-refractivity contribution in [1.82, 2.24) is 0 Å². The van der Waals surface area contributed by atoms with Crippen molar-refractivity contribution in [2.45, 2.75) is 33.1 Å². The zero-order valence-corrected chi connectivity index (χ0v) is 8.83. The molecule has 0 amide bonds. The highest BCUT2D eigenvalue weighted by Crippen LogP contribution is 2.25. The minimum atomic E-state index is 0.208. The maximum absolute atomic E-state index is 4.26. The van der Waals surface area contributed by atoms with Gasteiger partial charge >= 0.3 is 0 Å². The van der Waals surface area contributed by atoms with Crippen LogP contribution in [0.25, 0.3) is 0 Å². The van der Waals surface area contributed by atoms with E-state index in [0.717, 1.165) is 5.69 Å². The second-order valence-corrected chi connectivity index (χ2v) is 4.19. The summed E-state index contributed by atoms with van der Waals surface area (Å²) in [6.07, 6.45) is 1.82. The summed E-state index contributed by atoms with van der Waals surface area (Å²) in [7, 11) is 0. The van der Waals surface area contributed by atoms with Crippen LogP contribution in [0.2, 0.25) is 0 Å².